The summed E-state index contributed by atoms with van der Waals surface area (Å²) in [6.45, 7) is 1.28. The number of anilines is 1. The van der Waals surface area contributed by atoms with E-state index >= 15 is 0 Å². The molecule has 0 aliphatic carbocycles. The number of rotatable bonds is 2. The highest BCUT2D eigenvalue weighted by molar-refractivity contribution is 5.96. The van der Waals surface area contributed by atoms with Crippen molar-refractivity contribution < 1.29 is 9.53 Å². The summed E-state index contributed by atoms with van der Waals surface area (Å²) in [7, 11) is 0. The first kappa shape index (κ1) is 10.1. The average Bonchev–Trinajstić information content (AvgIpc) is 2.30. The Morgan fingerprint density at radius 1 is 1.53 bits per heavy atom. The first-order chi connectivity index (χ1) is 7.27. The van der Waals surface area contributed by atoms with Crippen LogP contribution in [0.5, 0.6) is 0 Å². The van der Waals surface area contributed by atoms with E-state index in [4.69, 9.17) is 10.5 Å². The van der Waals surface area contributed by atoms with Crippen LogP contribution in [0.3, 0.4) is 0 Å². The number of ketones is 1. The predicted octanol–water partition coefficient (Wildman–Crippen LogP) is 1.27. The summed E-state index contributed by atoms with van der Waals surface area (Å²) in [4.78, 5) is 16.0. The smallest absolute Gasteiger partial charge is 0.186 e. The number of aromatic nitrogens is 1. The van der Waals surface area contributed by atoms with Crippen LogP contribution in [0.4, 0.5) is 5.69 Å². The topological polar surface area (TPSA) is 65.2 Å². The van der Waals surface area contributed by atoms with Gasteiger partial charge in [0.1, 0.15) is 5.69 Å². The van der Waals surface area contributed by atoms with Gasteiger partial charge in [0.25, 0.3) is 0 Å². The Bertz CT molecular complexity index is 342. The summed E-state index contributed by atoms with van der Waals surface area (Å²) in [5, 5.41) is 0. The highest BCUT2D eigenvalue weighted by atomic mass is 16.5. The van der Waals surface area contributed by atoms with Crippen LogP contribution in [-0.2, 0) is 4.74 Å². The van der Waals surface area contributed by atoms with E-state index in [0.29, 0.717) is 18.0 Å². The summed E-state index contributed by atoms with van der Waals surface area (Å²) in [5.74, 6) is 0.0320. The Hall–Kier alpha value is -1.42. The van der Waals surface area contributed by atoms with E-state index < -0.39 is 0 Å². The standard InChI is InChI=1S/C11H14N2O2/c12-9-3-4-10(13-6-9)11(14)8-2-1-5-15-7-8/h3-4,6,8H,1-2,5,7,12H2. The molecule has 4 heteroatoms. The molecular formula is C11H14N2O2. The maximum Gasteiger partial charge on any atom is 0.186 e. The van der Waals surface area contributed by atoms with Gasteiger partial charge in [0.15, 0.2) is 5.78 Å². The number of hydrogen-bond donors (Lipinski definition) is 1. The number of carbonyl (C=O) groups is 1. The zero-order valence-corrected chi connectivity index (χ0v) is 8.48. The molecule has 1 aliphatic rings. The molecule has 4 nitrogen and oxygen atoms in total. The second kappa shape index (κ2) is 4.40. The lowest BCUT2D eigenvalue weighted by Crippen LogP contribution is -2.25. The average molecular weight is 206 g/mol. The van der Waals surface area contributed by atoms with Crippen LogP contribution < -0.4 is 5.73 Å². The first-order valence-electron chi connectivity index (χ1n) is 5.11. The molecule has 0 saturated carbocycles. The number of pyridine rings is 1. The van der Waals surface area contributed by atoms with Crippen molar-refractivity contribution in [2.75, 3.05) is 18.9 Å². The number of nitrogens with zero attached hydrogens (tertiary/aromatic N) is 1. The monoisotopic (exact) mass is 206 g/mol. The van der Waals surface area contributed by atoms with Gasteiger partial charge in [-0.1, -0.05) is 0 Å². The molecule has 0 aromatic carbocycles. The van der Waals surface area contributed by atoms with Crippen molar-refractivity contribution in [3.63, 3.8) is 0 Å². The third kappa shape index (κ3) is 2.33. The van der Waals surface area contributed by atoms with E-state index in [-0.39, 0.29) is 11.7 Å². The fourth-order valence-corrected chi connectivity index (χ4v) is 1.71. The highest BCUT2D eigenvalue weighted by Gasteiger charge is 2.23. The zero-order valence-electron chi connectivity index (χ0n) is 8.48. The van der Waals surface area contributed by atoms with Gasteiger partial charge in [-0.2, -0.15) is 0 Å². The Kier molecular flexibility index (Phi) is 2.97. The molecule has 1 atom stereocenters. The van der Waals surface area contributed by atoms with Crippen molar-refractivity contribution in [2.45, 2.75) is 12.8 Å². The van der Waals surface area contributed by atoms with E-state index in [1.165, 1.54) is 6.20 Å². The third-order valence-corrected chi connectivity index (χ3v) is 2.57. The van der Waals surface area contributed by atoms with Gasteiger partial charge in [0.05, 0.1) is 18.5 Å². The minimum Gasteiger partial charge on any atom is -0.397 e. The molecule has 2 N–H and O–H groups in total. The molecule has 1 aliphatic heterocycles. The lowest BCUT2D eigenvalue weighted by molar-refractivity contribution is 0.0458. The zero-order chi connectivity index (χ0) is 10.7. The minimum absolute atomic E-state index is 0.0325. The molecule has 0 spiro atoms. The van der Waals surface area contributed by atoms with E-state index in [0.717, 1.165) is 19.4 Å². The quantitative estimate of drug-likeness (QED) is 0.740. The number of nitrogens with two attached hydrogens (primary N) is 1. The van der Waals surface area contributed by atoms with Crippen LogP contribution in [0.2, 0.25) is 0 Å². The number of carbonyl (C=O) groups excluding carboxylic acids is 1. The van der Waals surface area contributed by atoms with Gasteiger partial charge in [0.2, 0.25) is 0 Å². The van der Waals surface area contributed by atoms with Crippen molar-refractivity contribution in [1.82, 2.24) is 4.98 Å². The molecule has 1 saturated heterocycles. The molecule has 0 amide bonds. The largest absolute Gasteiger partial charge is 0.397 e. The van der Waals surface area contributed by atoms with Gasteiger partial charge in [-0.05, 0) is 25.0 Å². The molecule has 80 valence electrons. The summed E-state index contributed by atoms with van der Waals surface area (Å²) in [6, 6.07) is 3.37. The van der Waals surface area contributed by atoms with Crippen LogP contribution in [0.1, 0.15) is 23.3 Å². The molecule has 1 unspecified atom stereocenters. The van der Waals surface area contributed by atoms with Crippen molar-refractivity contribution in [1.29, 1.82) is 0 Å². The molecule has 2 heterocycles. The fourth-order valence-electron chi connectivity index (χ4n) is 1.71. The SMILES string of the molecule is Nc1ccc(C(=O)C2CCCOC2)nc1. The van der Waals surface area contributed by atoms with Gasteiger partial charge < -0.3 is 10.5 Å². The van der Waals surface area contributed by atoms with Gasteiger partial charge in [-0.15, -0.1) is 0 Å². The maximum absolute atomic E-state index is 11.9. The van der Waals surface area contributed by atoms with Crippen LogP contribution in [0, 0.1) is 5.92 Å². The van der Waals surface area contributed by atoms with Crippen LogP contribution >= 0.6 is 0 Å². The molecular weight excluding hydrogens is 192 g/mol. The van der Waals surface area contributed by atoms with Crippen LogP contribution in [0.25, 0.3) is 0 Å². The molecule has 15 heavy (non-hydrogen) atoms. The summed E-state index contributed by atoms with van der Waals surface area (Å²) in [5.41, 5.74) is 6.57. The van der Waals surface area contributed by atoms with Gasteiger partial charge >= 0.3 is 0 Å². The van der Waals surface area contributed by atoms with Gasteiger partial charge in [0, 0.05) is 12.5 Å². The Balaban J connectivity index is 2.09. The minimum atomic E-state index is -0.0325. The van der Waals surface area contributed by atoms with E-state index in [1.807, 2.05) is 0 Å². The van der Waals surface area contributed by atoms with Crippen molar-refractivity contribution >= 4 is 11.5 Å². The second-order valence-corrected chi connectivity index (χ2v) is 3.76. The summed E-state index contributed by atoms with van der Waals surface area (Å²) >= 11 is 0. The first-order valence-corrected chi connectivity index (χ1v) is 5.11. The number of nitrogen functional groups attached to an aromatic ring is 1. The van der Waals surface area contributed by atoms with Crippen LogP contribution in [-0.4, -0.2) is 24.0 Å². The van der Waals surface area contributed by atoms with Crippen molar-refractivity contribution in [3.8, 4) is 0 Å². The van der Waals surface area contributed by atoms with E-state index in [9.17, 15) is 4.79 Å². The molecule has 1 aromatic heterocycles. The molecule has 0 radical (unpaired) electrons. The Morgan fingerprint density at radius 3 is 3.00 bits per heavy atom. The summed E-state index contributed by atoms with van der Waals surface area (Å²) < 4.78 is 5.28. The lowest BCUT2D eigenvalue weighted by atomic mass is 9.95. The van der Waals surface area contributed by atoms with Crippen molar-refractivity contribution in [2.24, 2.45) is 5.92 Å². The van der Waals surface area contributed by atoms with Crippen molar-refractivity contribution in [3.05, 3.63) is 24.0 Å². The van der Waals surface area contributed by atoms with Gasteiger partial charge in [-0.3, -0.25) is 9.78 Å². The molecule has 1 aromatic rings. The van der Waals surface area contributed by atoms with Gasteiger partial charge in [-0.25, -0.2) is 0 Å². The normalized spacial score (nSPS) is 21.2. The maximum atomic E-state index is 11.9. The lowest BCUT2D eigenvalue weighted by Gasteiger charge is -2.20. The second-order valence-electron chi connectivity index (χ2n) is 3.76. The molecule has 1 fully saturated rings. The highest BCUT2D eigenvalue weighted by Crippen LogP contribution is 2.18. The molecule has 2 rings (SSSR count). The Morgan fingerprint density at radius 2 is 2.40 bits per heavy atom. The predicted molar refractivity (Wildman–Crippen MR) is 56.5 cm³/mol. The number of hydrogen-bond acceptors (Lipinski definition) is 4. The summed E-state index contributed by atoms with van der Waals surface area (Å²) in [6.07, 6.45) is 3.35. The number of Topliss-reactive ketones (excluding diaryl/α,β-unsaturated/α-hetero) is 1. The van der Waals surface area contributed by atoms with Crippen LogP contribution in [0.15, 0.2) is 18.3 Å². The molecule has 0 bridgehead atoms. The Labute approximate surface area is 88.4 Å². The van der Waals surface area contributed by atoms with E-state index in [1.54, 1.807) is 12.1 Å². The number of ether oxygens (including phenoxy) is 1. The fraction of sp³-hybridized carbons (Fsp3) is 0.455. The van der Waals surface area contributed by atoms with E-state index in [2.05, 4.69) is 4.98 Å². The third-order valence-electron chi connectivity index (χ3n) is 2.57.